The van der Waals surface area contributed by atoms with Crippen LogP contribution in [0.25, 0.3) is 0 Å². The Morgan fingerprint density at radius 3 is 3.00 bits per heavy atom. The topological polar surface area (TPSA) is 61.4 Å². The summed E-state index contributed by atoms with van der Waals surface area (Å²) in [4.78, 5) is 27.0. The first-order valence-electron chi connectivity index (χ1n) is 8.23. The molecular formula is C17H24ClN3O2S. The summed E-state index contributed by atoms with van der Waals surface area (Å²) in [5, 5.41) is 6.35. The lowest BCUT2D eigenvalue weighted by Gasteiger charge is -2.28. The summed E-state index contributed by atoms with van der Waals surface area (Å²) < 4.78 is 0. The van der Waals surface area contributed by atoms with E-state index in [1.807, 2.05) is 24.3 Å². The number of benzene rings is 1. The molecule has 0 bridgehead atoms. The molecule has 0 radical (unpaired) electrons. The number of carbonyl (C=O) groups is 2. The fraction of sp³-hybridized carbons (Fsp3) is 0.529. The standard InChI is InChI=1S/C17H23N3O2S.ClH/c21-16(19-9-7-13-4-3-8-18-10-13)11-20-14-5-1-2-6-15(14)23-12-17(20)22;/h1-2,5-6,13,18H,3-4,7-12H2,(H,19,21);1H. The fourth-order valence-corrected chi connectivity index (χ4v) is 4.05. The molecule has 2 aliphatic heterocycles. The molecule has 2 amide bonds. The second-order valence-corrected chi connectivity index (χ2v) is 7.10. The van der Waals surface area contributed by atoms with Gasteiger partial charge in [0, 0.05) is 11.4 Å². The van der Waals surface area contributed by atoms with Crippen molar-refractivity contribution < 1.29 is 9.59 Å². The van der Waals surface area contributed by atoms with Crippen LogP contribution in [0.1, 0.15) is 19.3 Å². The zero-order valence-electron chi connectivity index (χ0n) is 13.6. The highest BCUT2D eigenvalue weighted by molar-refractivity contribution is 8.00. The maximum Gasteiger partial charge on any atom is 0.240 e. The van der Waals surface area contributed by atoms with Crippen LogP contribution in [0, 0.1) is 5.92 Å². The Morgan fingerprint density at radius 2 is 2.21 bits per heavy atom. The van der Waals surface area contributed by atoms with Crippen LogP contribution >= 0.6 is 24.2 Å². The second-order valence-electron chi connectivity index (χ2n) is 6.09. The van der Waals surface area contributed by atoms with Gasteiger partial charge in [-0.2, -0.15) is 0 Å². The summed E-state index contributed by atoms with van der Waals surface area (Å²) in [5.41, 5.74) is 0.848. The smallest absolute Gasteiger partial charge is 0.240 e. The summed E-state index contributed by atoms with van der Waals surface area (Å²) in [5.74, 6) is 0.972. The van der Waals surface area contributed by atoms with E-state index >= 15 is 0 Å². The summed E-state index contributed by atoms with van der Waals surface area (Å²) in [6.07, 6.45) is 3.45. The van der Waals surface area contributed by atoms with E-state index < -0.39 is 0 Å². The number of amides is 2. The minimum Gasteiger partial charge on any atom is -0.355 e. The lowest BCUT2D eigenvalue weighted by molar-refractivity contribution is -0.123. The monoisotopic (exact) mass is 369 g/mol. The van der Waals surface area contributed by atoms with Crippen LogP contribution in [0.5, 0.6) is 0 Å². The largest absolute Gasteiger partial charge is 0.355 e. The Balaban J connectivity index is 0.00000208. The van der Waals surface area contributed by atoms with Gasteiger partial charge >= 0.3 is 0 Å². The molecule has 0 aromatic heterocycles. The van der Waals surface area contributed by atoms with Crippen LogP contribution < -0.4 is 15.5 Å². The van der Waals surface area contributed by atoms with Crippen molar-refractivity contribution in [2.24, 2.45) is 5.92 Å². The average Bonchev–Trinajstić information content (AvgIpc) is 2.58. The van der Waals surface area contributed by atoms with Gasteiger partial charge in [-0.1, -0.05) is 12.1 Å². The van der Waals surface area contributed by atoms with E-state index in [2.05, 4.69) is 10.6 Å². The number of halogens is 1. The van der Waals surface area contributed by atoms with Gasteiger partial charge in [0.1, 0.15) is 6.54 Å². The van der Waals surface area contributed by atoms with Crippen LogP contribution in [-0.4, -0.2) is 43.7 Å². The number of hydrogen-bond donors (Lipinski definition) is 2. The van der Waals surface area contributed by atoms with Gasteiger partial charge in [0.05, 0.1) is 11.4 Å². The van der Waals surface area contributed by atoms with Gasteiger partial charge in [0.15, 0.2) is 0 Å². The van der Waals surface area contributed by atoms with Crippen molar-refractivity contribution in [3.63, 3.8) is 0 Å². The number of nitrogens with zero attached hydrogens (tertiary/aromatic N) is 1. The minimum absolute atomic E-state index is 0. The summed E-state index contributed by atoms with van der Waals surface area (Å²) >= 11 is 1.53. The average molecular weight is 370 g/mol. The molecule has 1 saturated heterocycles. The molecule has 2 aliphatic rings. The van der Waals surface area contributed by atoms with E-state index in [-0.39, 0.29) is 30.8 Å². The van der Waals surface area contributed by atoms with E-state index in [1.165, 1.54) is 24.6 Å². The summed E-state index contributed by atoms with van der Waals surface area (Å²) in [6, 6.07) is 7.75. The number of rotatable bonds is 5. The van der Waals surface area contributed by atoms with Crippen molar-refractivity contribution >= 4 is 41.7 Å². The molecule has 7 heteroatoms. The maximum absolute atomic E-state index is 12.2. The highest BCUT2D eigenvalue weighted by Gasteiger charge is 2.26. The first-order chi connectivity index (χ1) is 11.2. The molecule has 132 valence electrons. The van der Waals surface area contributed by atoms with Gasteiger partial charge in [0.2, 0.25) is 11.8 Å². The van der Waals surface area contributed by atoms with E-state index in [0.717, 1.165) is 30.1 Å². The predicted octanol–water partition coefficient (Wildman–Crippen LogP) is 2.05. The van der Waals surface area contributed by atoms with E-state index in [0.29, 0.717) is 18.2 Å². The molecule has 1 aromatic carbocycles. The lowest BCUT2D eigenvalue weighted by Crippen LogP contribution is -2.43. The van der Waals surface area contributed by atoms with Gasteiger partial charge in [0.25, 0.3) is 0 Å². The zero-order valence-corrected chi connectivity index (χ0v) is 15.3. The van der Waals surface area contributed by atoms with Gasteiger partial charge < -0.3 is 15.5 Å². The highest BCUT2D eigenvalue weighted by atomic mass is 35.5. The number of carbonyl (C=O) groups excluding carboxylic acids is 2. The summed E-state index contributed by atoms with van der Waals surface area (Å²) in [7, 11) is 0. The van der Waals surface area contributed by atoms with Crippen LogP contribution in [0.3, 0.4) is 0 Å². The van der Waals surface area contributed by atoms with Crippen molar-refractivity contribution in [1.82, 2.24) is 10.6 Å². The van der Waals surface area contributed by atoms with E-state index in [1.54, 1.807) is 4.90 Å². The summed E-state index contributed by atoms with van der Waals surface area (Å²) in [6.45, 7) is 2.95. The van der Waals surface area contributed by atoms with Gasteiger partial charge in [-0.25, -0.2) is 0 Å². The van der Waals surface area contributed by atoms with Crippen LogP contribution in [0.4, 0.5) is 5.69 Å². The molecule has 1 atom stereocenters. The number of piperidine rings is 1. The van der Waals surface area contributed by atoms with Crippen molar-refractivity contribution in [1.29, 1.82) is 0 Å². The van der Waals surface area contributed by atoms with Crippen LogP contribution in [-0.2, 0) is 9.59 Å². The molecule has 0 spiro atoms. The van der Waals surface area contributed by atoms with Gasteiger partial charge in [-0.15, -0.1) is 24.2 Å². The number of nitrogens with one attached hydrogen (secondary N) is 2. The number of hydrogen-bond acceptors (Lipinski definition) is 4. The second kappa shape index (κ2) is 9.30. The molecule has 3 rings (SSSR count). The van der Waals surface area contributed by atoms with Gasteiger partial charge in [-0.05, 0) is 50.4 Å². The van der Waals surface area contributed by atoms with E-state index in [4.69, 9.17) is 0 Å². The normalized spacial score (nSPS) is 20.1. The molecule has 1 fully saturated rings. The molecule has 0 saturated carbocycles. The van der Waals surface area contributed by atoms with Crippen molar-refractivity contribution in [3.8, 4) is 0 Å². The Labute approximate surface area is 153 Å². The van der Waals surface area contributed by atoms with Crippen LogP contribution in [0.2, 0.25) is 0 Å². The molecule has 1 aromatic rings. The molecule has 0 aliphatic carbocycles. The first-order valence-corrected chi connectivity index (χ1v) is 9.22. The molecule has 2 heterocycles. The number of para-hydroxylation sites is 1. The number of thioether (sulfide) groups is 1. The predicted molar refractivity (Wildman–Crippen MR) is 100.0 cm³/mol. The molecule has 24 heavy (non-hydrogen) atoms. The van der Waals surface area contributed by atoms with Crippen LogP contribution in [0.15, 0.2) is 29.2 Å². The Kier molecular flexibility index (Phi) is 7.40. The maximum atomic E-state index is 12.2. The molecule has 1 unspecified atom stereocenters. The third-order valence-corrected chi connectivity index (χ3v) is 5.43. The van der Waals surface area contributed by atoms with Gasteiger partial charge in [-0.3, -0.25) is 9.59 Å². The Morgan fingerprint density at radius 1 is 1.38 bits per heavy atom. The number of fused-ring (bicyclic) bond motifs is 1. The minimum atomic E-state index is -0.0798. The van der Waals surface area contributed by atoms with Crippen molar-refractivity contribution in [3.05, 3.63) is 24.3 Å². The third kappa shape index (κ3) is 4.88. The fourth-order valence-electron chi connectivity index (χ4n) is 3.11. The zero-order chi connectivity index (χ0) is 16.1. The number of anilines is 1. The highest BCUT2D eigenvalue weighted by Crippen LogP contribution is 2.34. The third-order valence-electron chi connectivity index (χ3n) is 4.38. The molecule has 5 nitrogen and oxygen atoms in total. The molecular weight excluding hydrogens is 346 g/mol. The Hall–Kier alpha value is -1.24. The lowest BCUT2D eigenvalue weighted by atomic mass is 9.96. The Bertz CT molecular complexity index is 579. The first kappa shape index (κ1) is 19.1. The van der Waals surface area contributed by atoms with Crippen molar-refractivity contribution in [2.45, 2.75) is 24.2 Å². The quantitative estimate of drug-likeness (QED) is 0.834. The van der Waals surface area contributed by atoms with E-state index in [9.17, 15) is 9.59 Å². The van der Waals surface area contributed by atoms with Crippen molar-refractivity contribution in [2.75, 3.05) is 36.8 Å². The molecule has 2 N–H and O–H groups in total. The SMILES string of the molecule is Cl.O=C(CN1C(=O)CSc2ccccc21)NCCC1CCCNC1.